The van der Waals surface area contributed by atoms with Crippen LogP contribution in [0.25, 0.3) is 0 Å². The summed E-state index contributed by atoms with van der Waals surface area (Å²) in [6.07, 6.45) is 1.12. The molecule has 0 unspecified atom stereocenters. The van der Waals surface area contributed by atoms with Crippen LogP contribution in [0.2, 0.25) is 0 Å². The van der Waals surface area contributed by atoms with E-state index in [0.29, 0.717) is 11.3 Å². The normalized spacial score (nSPS) is 10.1. The van der Waals surface area contributed by atoms with Gasteiger partial charge in [-0.25, -0.2) is 9.97 Å². The van der Waals surface area contributed by atoms with Crippen molar-refractivity contribution in [2.75, 3.05) is 11.1 Å². The zero-order chi connectivity index (χ0) is 14.7. The van der Waals surface area contributed by atoms with Crippen LogP contribution in [0.15, 0.2) is 30.6 Å². The summed E-state index contributed by atoms with van der Waals surface area (Å²) in [5, 5.41) is 13.7. The number of Topliss-reactive ketones (excluding diaryl/α,β-unsaturated/α-hetero) is 1. The van der Waals surface area contributed by atoms with Gasteiger partial charge in [0.1, 0.15) is 6.33 Å². The molecule has 0 bridgehead atoms. The molecule has 8 heteroatoms. The van der Waals surface area contributed by atoms with E-state index in [4.69, 9.17) is 5.73 Å². The lowest BCUT2D eigenvalue weighted by molar-refractivity contribution is -0.383. The van der Waals surface area contributed by atoms with E-state index < -0.39 is 10.6 Å². The van der Waals surface area contributed by atoms with Crippen molar-refractivity contribution >= 4 is 28.8 Å². The number of hydrogen-bond donors (Lipinski definition) is 2. The van der Waals surface area contributed by atoms with Crippen molar-refractivity contribution in [1.29, 1.82) is 0 Å². The molecule has 0 amide bonds. The highest BCUT2D eigenvalue weighted by Crippen LogP contribution is 2.29. The second-order valence-electron chi connectivity index (χ2n) is 3.98. The van der Waals surface area contributed by atoms with Crippen molar-refractivity contribution in [2.45, 2.75) is 6.92 Å². The first-order valence-electron chi connectivity index (χ1n) is 5.62. The van der Waals surface area contributed by atoms with Crippen LogP contribution in [0.4, 0.5) is 23.0 Å². The lowest BCUT2D eigenvalue weighted by atomic mass is 10.1. The van der Waals surface area contributed by atoms with Gasteiger partial charge in [-0.05, 0) is 19.1 Å². The van der Waals surface area contributed by atoms with E-state index in [2.05, 4.69) is 15.3 Å². The highest BCUT2D eigenvalue weighted by atomic mass is 16.6. The van der Waals surface area contributed by atoms with Crippen LogP contribution < -0.4 is 11.1 Å². The number of carbonyl (C=O) groups is 1. The molecular weight excluding hydrogens is 262 g/mol. The average molecular weight is 273 g/mol. The van der Waals surface area contributed by atoms with Gasteiger partial charge in [-0.3, -0.25) is 14.9 Å². The topological polar surface area (TPSA) is 124 Å². The Balaban J connectivity index is 2.40. The average Bonchev–Trinajstić information content (AvgIpc) is 2.38. The third-order valence-corrected chi connectivity index (χ3v) is 2.56. The second kappa shape index (κ2) is 5.31. The molecule has 0 fully saturated rings. The zero-order valence-corrected chi connectivity index (χ0v) is 10.5. The van der Waals surface area contributed by atoms with Gasteiger partial charge >= 0.3 is 5.69 Å². The molecule has 0 aliphatic rings. The Morgan fingerprint density at radius 1 is 1.40 bits per heavy atom. The number of ketones is 1. The molecule has 0 aliphatic carbocycles. The Hall–Kier alpha value is -3.03. The molecule has 1 aromatic heterocycles. The highest BCUT2D eigenvalue weighted by molar-refractivity contribution is 5.95. The minimum absolute atomic E-state index is 0.0248. The third kappa shape index (κ3) is 2.69. The number of benzene rings is 1. The number of nitro groups is 1. The fourth-order valence-corrected chi connectivity index (χ4v) is 1.62. The van der Waals surface area contributed by atoms with Gasteiger partial charge in [0.05, 0.1) is 4.92 Å². The molecule has 0 spiro atoms. The number of aromatic nitrogens is 2. The third-order valence-electron chi connectivity index (χ3n) is 2.56. The van der Waals surface area contributed by atoms with Crippen molar-refractivity contribution in [3.63, 3.8) is 0 Å². The summed E-state index contributed by atoms with van der Waals surface area (Å²) >= 11 is 0. The van der Waals surface area contributed by atoms with E-state index in [1.54, 1.807) is 24.3 Å². The summed E-state index contributed by atoms with van der Waals surface area (Å²) in [6.45, 7) is 1.43. The lowest BCUT2D eigenvalue weighted by Gasteiger charge is -2.07. The van der Waals surface area contributed by atoms with Crippen molar-refractivity contribution in [3.05, 3.63) is 46.3 Å². The molecule has 8 nitrogen and oxygen atoms in total. The molecule has 0 radical (unpaired) electrons. The van der Waals surface area contributed by atoms with Crippen molar-refractivity contribution in [1.82, 2.24) is 9.97 Å². The van der Waals surface area contributed by atoms with Gasteiger partial charge in [0, 0.05) is 11.3 Å². The minimum Gasteiger partial charge on any atom is -0.378 e. The summed E-state index contributed by atoms with van der Waals surface area (Å²) in [7, 11) is 0. The number of nitrogen functional groups attached to an aromatic ring is 1. The molecular formula is C12H11N5O3. The smallest absolute Gasteiger partial charge is 0.353 e. The van der Waals surface area contributed by atoms with E-state index >= 15 is 0 Å². The maximum absolute atomic E-state index is 11.3. The number of nitrogens with two attached hydrogens (primary N) is 1. The maximum Gasteiger partial charge on any atom is 0.353 e. The largest absolute Gasteiger partial charge is 0.378 e. The van der Waals surface area contributed by atoms with Crippen LogP contribution in [0, 0.1) is 10.1 Å². The van der Waals surface area contributed by atoms with E-state index in [0.717, 1.165) is 6.33 Å². The van der Waals surface area contributed by atoms with Crippen LogP contribution in [0.1, 0.15) is 17.3 Å². The first-order valence-corrected chi connectivity index (χ1v) is 5.62. The molecule has 2 rings (SSSR count). The number of anilines is 3. The number of rotatable bonds is 4. The monoisotopic (exact) mass is 273 g/mol. The Morgan fingerprint density at radius 2 is 2.15 bits per heavy atom. The molecule has 0 atom stereocenters. The molecule has 102 valence electrons. The summed E-state index contributed by atoms with van der Waals surface area (Å²) in [5.41, 5.74) is 6.05. The van der Waals surface area contributed by atoms with Gasteiger partial charge in [-0.1, -0.05) is 12.1 Å². The maximum atomic E-state index is 11.3. The number of nitrogens with zero attached hydrogens (tertiary/aromatic N) is 3. The van der Waals surface area contributed by atoms with Gasteiger partial charge in [0.15, 0.2) is 5.78 Å². The van der Waals surface area contributed by atoms with Gasteiger partial charge in [0.25, 0.3) is 0 Å². The fourth-order valence-electron chi connectivity index (χ4n) is 1.62. The predicted octanol–water partition coefficient (Wildman–Crippen LogP) is 1.91. The van der Waals surface area contributed by atoms with Crippen LogP contribution in [0.5, 0.6) is 0 Å². The summed E-state index contributed by atoms with van der Waals surface area (Å²) in [6, 6.07) is 6.55. The van der Waals surface area contributed by atoms with Gasteiger partial charge < -0.3 is 11.1 Å². The minimum atomic E-state index is -0.660. The predicted molar refractivity (Wildman–Crippen MR) is 72.8 cm³/mol. The van der Waals surface area contributed by atoms with Crippen LogP contribution in [-0.4, -0.2) is 20.7 Å². The van der Waals surface area contributed by atoms with E-state index in [9.17, 15) is 14.9 Å². The van der Waals surface area contributed by atoms with Crippen LogP contribution >= 0.6 is 0 Å². The van der Waals surface area contributed by atoms with Crippen molar-refractivity contribution in [3.8, 4) is 0 Å². The molecule has 0 saturated heterocycles. The second-order valence-corrected chi connectivity index (χ2v) is 3.98. The Bertz CT molecular complexity index is 687. The SMILES string of the molecule is CC(=O)c1cccc(Nc2ncnc(N)c2[N+](=O)[O-])c1. The lowest BCUT2D eigenvalue weighted by Crippen LogP contribution is -2.05. The molecule has 1 heterocycles. The zero-order valence-electron chi connectivity index (χ0n) is 10.5. The Kier molecular flexibility index (Phi) is 3.56. The summed E-state index contributed by atoms with van der Waals surface area (Å²) < 4.78 is 0. The highest BCUT2D eigenvalue weighted by Gasteiger charge is 2.20. The van der Waals surface area contributed by atoms with Gasteiger partial charge in [-0.2, -0.15) is 0 Å². The van der Waals surface area contributed by atoms with Crippen molar-refractivity contribution in [2.24, 2.45) is 0 Å². The van der Waals surface area contributed by atoms with Gasteiger partial charge in [0.2, 0.25) is 11.6 Å². The Labute approximate surface area is 113 Å². The Morgan fingerprint density at radius 3 is 2.80 bits per heavy atom. The molecule has 20 heavy (non-hydrogen) atoms. The molecule has 3 N–H and O–H groups in total. The number of hydrogen-bond acceptors (Lipinski definition) is 7. The van der Waals surface area contributed by atoms with Crippen LogP contribution in [0.3, 0.4) is 0 Å². The first kappa shape index (κ1) is 13.4. The van der Waals surface area contributed by atoms with Crippen LogP contribution in [-0.2, 0) is 0 Å². The molecule has 1 aromatic carbocycles. The summed E-state index contributed by atoms with van der Waals surface area (Å²) in [5.74, 6) is -0.358. The standard InChI is InChI=1S/C12H11N5O3/c1-7(18)8-3-2-4-9(5-8)16-12-10(17(19)20)11(13)14-6-15-12/h2-6H,1H3,(H3,13,14,15,16). The molecule has 2 aromatic rings. The van der Waals surface area contributed by atoms with Gasteiger partial charge in [-0.15, -0.1) is 0 Å². The quantitative estimate of drug-likeness (QED) is 0.495. The number of nitrogens with one attached hydrogen (secondary N) is 1. The van der Waals surface area contributed by atoms with E-state index in [-0.39, 0.29) is 17.4 Å². The molecule has 0 saturated carbocycles. The van der Waals surface area contributed by atoms with E-state index in [1.165, 1.54) is 6.92 Å². The first-order chi connectivity index (χ1) is 9.49. The van der Waals surface area contributed by atoms with Crippen molar-refractivity contribution < 1.29 is 9.72 Å². The fraction of sp³-hybridized carbons (Fsp3) is 0.0833. The van der Waals surface area contributed by atoms with E-state index in [1.807, 2.05) is 0 Å². The summed E-state index contributed by atoms with van der Waals surface area (Å²) in [4.78, 5) is 29.0. The number of carbonyl (C=O) groups excluding carboxylic acids is 1. The molecule has 0 aliphatic heterocycles.